The highest BCUT2D eigenvalue weighted by Crippen LogP contribution is 2.36. The predicted octanol–water partition coefficient (Wildman–Crippen LogP) is 1.87. The molecule has 0 spiro atoms. The van der Waals surface area contributed by atoms with E-state index in [1.54, 1.807) is 7.05 Å². The maximum atomic E-state index is 11.8. The molecule has 1 aromatic carbocycles. The Labute approximate surface area is 161 Å². The van der Waals surface area contributed by atoms with Crippen LogP contribution in [0.25, 0.3) is 0 Å². The van der Waals surface area contributed by atoms with Crippen LogP contribution < -0.4 is 20.1 Å². The van der Waals surface area contributed by atoms with Gasteiger partial charge in [0.25, 0.3) is 0 Å². The molecule has 0 radical (unpaired) electrons. The van der Waals surface area contributed by atoms with E-state index in [0.717, 1.165) is 43.5 Å². The van der Waals surface area contributed by atoms with Crippen LogP contribution in [-0.4, -0.2) is 56.3 Å². The summed E-state index contributed by atoms with van der Waals surface area (Å²) in [5.74, 6) is 2.58. The number of guanidine groups is 1. The summed E-state index contributed by atoms with van der Waals surface area (Å²) in [6.45, 7) is 8.82. The molecule has 7 heteroatoms. The second-order valence-corrected chi connectivity index (χ2v) is 7.70. The Balaban J connectivity index is 1.55. The summed E-state index contributed by atoms with van der Waals surface area (Å²) in [4.78, 5) is 18.1. The second kappa shape index (κ2) is 8.06. The molecular formula is C20H30N4O3. The summed E-state index contributed by atoms with van der Waals surface area (Å²) in [6, 6.07) is 6.33. The number of ether oxygens (including phenoxy) is 2. The number of nitrogens with one attached hydrogen (secondary N) is 2. The molecular weight excluding hydrogens is 344 g/mol. The Morgan fingerprint density at radius 1 is 1.33 bits per heavy atom. The molecule has 1 atom stereocenters. The summed E-state index contributed by atoms with van der Waals surface area (Å²) in [5, 5.41) is 6.86. The molecule has 1 aromatic rings. The van der Waals surface area contributed by atoms with Crippen LogP contribution in [0.15, 0.2) is 23.2 Å². The largest absolute Gasteiger partial charge is 0.454 e. The molecule has 1 unspecified atom stereocenters. The van der Waals surface area contributed by atoms with Gasteiger partial charge in [0, 0.05) is 44.6 Å². The summed E-state index contributed by atoms with van der Waals surface area (Å²) in [7, 11) is 1.77. The normalized spacial score (nSPS) is 19.3. The van der Waals surface area contributed by atoms with Gasteiger partial charge in [0.1, 0.15) is 0 Å². The van der Waals surface area contributed by atoms with E-state index >= 15 is 0 Å². The summed E-state index contributed by atoms with van der Waals surface area (Å²) >= 11 is 0. The van der Waals surface area contributed by atoms with E-state index in [0.29, 0.717) is 6.42 Å². The van der Waals surface area contributed by atoms with Gasteiger partial charge in [-0.05, 0) is 24.1 Å². The minimum atomic E-state index is -0.113. The van der Waals surface area contributed by atoms with Crippen molar-refractivity contribution in [3.8, 4) is 11.5 Å². The number of carbonyl (C=O) groups excluding carboxylic acids is 1. The number of carbonyl (C=O) groups is 1. The van der Waals surface area contributed by atoms with Crippen LogP contribution in [0.5, 0.6) is 11.5 Å². The van der Waals surface area contributed by atoms with E-state index in [9.17, 15) is 4.79 Å². The zero-order valence-electron chi connectivity index (χ0n) is 16.7. The van der Waals surface area contributed by atoms with Crippen LogP contribution in [0.2, 0.25) is 0 Å². The minimum Gasteiger partial charge on any atom is -0.454 e. The van der Waals surface area contributed by atoms with Crippen molar-refractivity contribution >= 4 is 11.9 Å². The lowest BCUT2D eigenvalue weighted by Crippen LogP contribution is -2.48. The van der Waals surface area contributed by atoms with E-state index in [1.165, 1.54) is 5.56 Å². The van der Waals surface area contributed by atoms with Gasteiger partial charge < -0.3 is 25.0 Å². The van der Waals surface area contributed by atoms with Crippen molar-refractivity contribution in [2.45, 2.75) is 45.1 Å². The SMILES string of the molecule is CCC(=O)N1CCC(NC(=NC)NCC(C)(C)c2ccc3c(c2)OCO3)C1. The highest BCUT2D eigenvalue weighted by atomic mass is 16.7. The molecule has 1 saturated heterocycles. The number of hydrogen-bond acceptors (Lipinski definition) is 4. The zero-order valence-corrected chi connectivity index (χ0v) is 16.7. The quantitative estimate of drug-likeness (QED) is 0.608. The van der Waals surface area contributed by atoms with Crippen LogP contribution in [0, 0.1) is 0 Å². The molecule has 0 bridgehead atoms. The molecule has 0 aliphatic carbocycles. The molecule has 148 valence electrons. The lowest BCUT2D eigenvalue weighted by atomic mass is 9.84. The number of nitrogens with zero attached hydrogens (tertiary/aromatic N) is 2. The van der Waals surface area contributed by atoms with Crippen LogP contribution in [0.3, 0.4) is 0 Å². The Morgan fingerprint density at radius 3 is 2.85 bits per heavy atom. The van der Waals surface area contributed by atoms with Gasteiger partial charge in [-0.3, -0.25) is 9.79 Å². The zero-order chi connectivity index (χ0) is 19.4. The fraction of sp³-hybridized carbons (Fsp3) is 0.600. The van der Waals surface area contributed by atoms with Crippen molar-refractivity contribution < 1.29 is 14.3 Å². The number of rotatable bonds is 5. The first-order valence-corrected chi connectivity index (χ1v) is 9.58. The first-order valence-electron chi connectivity index (χ1n) is 9.58. The summed E-state index contributed by atoms with van der Waals surface area (Å²) in [6.07, 6.45) is 1.50. The number of likely N-dealkylation sites (tertiary alicyclic amines) is 1. The average molecular weight is 374 g/mol. The van der Waals surface area contributed by atoms with Gasteiger partial charge in [-0.15, -0.1) is 0 Å². The standard InChI is InChI=1S/C20H30N4O3/c1-5-18(25)24-9-8-15(11-24)23-19(21-4)22-12-20(2,3)14-6-7-16-17(10-14)27-13-26-16/h6-7,10,15H,5,8-9,11-13H2,1-4H3,(H2,21,22,23). The van der Waals surface area contributed by atoms with E-state index < -0.39 is 0 Å². The van der Waals surface area contributed by atoms with Crippen molar-refractivity contribution in [1.82, 2.24) is 15.5 Å². The van der Waals surface area contributed by atoms with Crippen molar-refractivity contribution in [2.24, 2.45) is 4.99 Å². The predicted molar refractivity (Wildman–Crippen MR) is 105 cm³/mol. The fourth-order valence-electron chi connectivity index (χ4n) is 3.44. The van der Waals surface area contributed by atoms with Crippen LogP contribution in [-0.2, 0) is 10.2 Å². The summed E-state index contributed by atoms with van der Waals surface area (Å²) < 4.78 is 10.9. The van der Waals surface area contributed by atoms with Gasteiger partial charge >= 0.3 is 0 Å². The maximum absolute atomic E-state index is 11.8. The molecule has 1 fully saturated rings. The van der Waals surface area contributed by atoms with Crippen molar-refractivity contribution in [2.75, 3.05) is 33.5 Å². The molecule has 2 aliphatic heterocycles. The third-order valence-electron chi connectivity index (χ3n) is 5.26. The monoisotopic (exact) mass is 374 g/mol. The molecule has 3 rings (SSSR count). The molecule has 0 saturated carbocycles. The summed E-state index contributed by atoms with van der Waals surface area (Å²) in [5.41, 5.74) is 1.06. The molecule has 2 aliphatic rings. The Morgan fingerprint density at radius 2 is 2.11 bits per heavy atom. The topological polar surface area (TPSA) is 75.2 Å². The average Bonchev–Trinajstić information content (AvgIpc) is 3.33. The van der Waals surface area contributed by atoms with Gasteiger partial charge in [0.2, 0.25) is 12.7 Å². The Bertz CT molecular complexity index is 717. The third-order valence-corrected chi connectivity index (χ3v) is 5.26. The van der Waals surface area contributed by atoms with Crippen LogP contribution in [0.1, 0.15) is 39.2 Å². The number of hydrogen-bond donors (Lipinski definition) is 2. The molecule has 27 heavy (non-hydrogen) atoms. The highest BCUT2D eigenvalue weighted by Gasteiger charge is 2.27. The van der Waals surface area contributed by atoms with Gasteiger partial charge in [-0.25, -0.2) is 0 Å². The highest BCUT2D eigenvalue weighted by molar-refractivity contribution is 5.80. The van der Waals surface area contributed by atoms with Crippen molar-refractivity contribution in [1.29, 1.82) is 0 Å². The van der Waals surface area contributed by atoms with E-state index in [2.05, 4.69) is 35.5 Å². The number of amides is 1. The van der Waals surface area contributed by atoms with E-state index in [4.69, 9.17) is 9.47 Å². The fourth-order valence-corrected chi connectivity index (χ4v) is 3.44. The molecule has 0 aromatic heterocycles. The lowest BCUT2D eigenvalue weighted by Gasteiger charge is -2.27. The minimum absolute atomic E-state index is 0.113. The first-order chi connectivity index (χ1) is 12.9. The van der Waals surface area contributed by atoms with Crippen LogP contribution >= 0.6 is 0 Å². The maximum Gasteiger partial charge on any atom is 0.231 e. The molecule has 1 amide bonds. The van der Waals surface area contributed by atoms with Gasteiger partial charge in [-0.2, -0.15) is 0 Å². The van der Waals surface area contributed by atoms with Gasteiger partial charge in [0.15, 0.2) is 17.5 Å². The van der Waals surface area contributed by atoms with Crippen molar-refractivity contribution in [3.63, 3.8) is 0 Å². The molecule has 2 N–H and O–H groups in total. The number of fused-ring (bicyclic) bond motifs is 1. The van der Waals surface area contributed by atoms with Crippen LogP contribution in [0.4, 0.5) is 0 Å². The third kappa shape index (κ3) is 4.46. The Kier molecular flexibility index (Phi) is 5.77. The lowest BCUT2D eigenvalue weighted by molar-refractivity contribution is -0.129. The molecule has 2 heterocycles. The number of benzene rings is 1. The van der Waals surface area contributed by atoms with Crippen molar-refractivity contribution in [3.05, 3.63) is 23.8 Å². The van der Waals surface area contributed by atoms with E-state index in [-0.39, 0.29) is 24.2 Å². The first kappa shape index (κ1) is 19.3. The smallest absolute Gasteiger partial charge is 0.231 e. The second-order valence-electron chi connectivity index (χ2n) is 7.70. The Hall–Kier alpha value is -2.44. The molecule has 7 nitrogen and oxygen atoms in total. The van der Waals surface area contributed by atoms with E-state index in [1.807, 2.05) is 24.0 Å². The van der Waals surface area contributed by atoms with Gasteiger partial charge in [0.05, 0.1) is 0 Å². The van der Waals surface area contributed by atoms with Gasteiger partial charge in [-0.1, -0.05) is 26.8 Å². The number of aliphatic imine (C=N–C) groups is 1.